The van der Waals surface area contributed by atoms with Crippen LogP contribution in [0.5, 0.6) is 0 Å². The van der Waals surface area contributed by atoms with Gasteiger partial charge >= 0.3 is 0 Å². The van der Waals surface area contributed by atoms with E-state index in [1.807, 2.05) is 0 Å². The Kier molecular flexibility index (Phi) is 3.82. The minimum atomic E-state index is 0.639. The second kappa shape index (κ2) is 5.13. The molecular weight excluding hydrogens is 174 g/mol. The monoisotopic (exact) mass is 197 g/mol. The van der Waals surface area contributed by atoms with E-state index in [9.17, 15) is 0 Å². The van der Waals surface area contributed by atoms with Crippen LogP contribution in [0, 0.1) is 11.8 Å². The van der Waals surface area contributed by atoms with Gasteiger partial charge in [-0.25, -0.2) is 0 Å². The molecule has 0 amide bonds. The summed E-state index contributed by atoms with van der Waals surface area (Å²) < 4.78 is 5.46. The van der Waals surface area contributed by atoms with Crippen LogP contribution in [0.4, 0.5) is 0 Å². The van der Waals surface area contributed by atoms with Crippen LogP contribution in [0.25, 0.3) is 0 Å². The summed E-state index contributed by atoms with van der Waals surface area (Å²) in [7, 11) is 0. The molecule has 3 atom stereocenters. The number of hydrogen-bond acceptors (Lipinski definition) is 2. The number of hydrogen-bond donors (Lipinski definition) is 1. The molecule has 0 aromatic carbocycles. The lowest BCUT2D eigenvalue weighted by Crippen LogP contribution is -2.39. The van der Waals surface area contributed by atoms with Crippen molar-refractivity contribution in [3.8, 4) is 0 Å². The van der Waals surface area contributed by atoms with Gasteiger partial charge in [0.2, 0.25) is 0 Å². The molecule has 2 fully saturated rings. The van der Waals surface area contributed by atoms with Gasteiger partial charge in [-0.1, -0.05) is 13.3 Å². The normalized spacial score (nSPS) is 38.8. The second-order valence-electron chi connectivity index (χ2n) is 5.11. The number of nitrogens with one attached hydrogen (secondary N) is 1. The molecule has 2 rings (SSSR count). The Bertz CT molecular complexity index is 161. The summed E-state index contributed by atoms with van der Waals surface area (Å²) >= 11 is 0. The minimum absolute atomic E-state index is 0.639. The van der Waals surface area contributed by atoms with Gasteiger partial charge in [-0.3, -0.25) is 0 Å². The zero-order chi connectivity index (χ0) is 9.80. The van der Waals surface area contributed by atoms with Gasteiger partial charge in [0.15, 0.2) is 0 Å². The van der Waals surface area contributed by atoms with E-state index in [2.05, 4.69) is 12.2 Å². The van der Waals surface area contributed by atoms with Crippen LogP contribution in [-0.2, 0) is 4.74 Å². The smallest absolute Gasteiger partial charge is 0.0619 e. The molecule has 2 aliphatic rings. The minimum Gasteiger partial charge on any atom is -0.380 e. The SMILES string of the molecule is CC1CCC(CNC2CCCOC2)C1. The third-order valence-corrected chi connectivity index (χ3v) is 3.66. The van der Waals surface area contributed by atoms with Gasteiger partial charge in [0, 0.05) is 12.6 Å². The first-order chi connectivity index (χ1) is 6.84. The Balaban J connectivity index is 1.61. The molecule has 1 saturated heterocycles. The van der Waals surface area contributed by atoms with E-state index in [0.717, 1.165) is 25.0 Å². The van der Waals surface area contributed by atoms with Crippen LogP contribution in [0.2, 0.25) is 0 Å². The maximum atomic E-state index is 5.46. The highest BCUT2D eigenvalue weighted by atomic mass is 16.5. The van der Waals surface area contributed by atoms with E-state index in [-0.39, 0.29) is 0 Å². The fourth-order valence-electron chi connectivity index (χ4n) is 2.75. The summed E-state index contributed by atoms with van der Waals surface area (Å²) in [5.41, 5.74) is 0. The topological polar surface area (TPSA) is 21.3 Å². The summed E-state index contributed by atoms with van der Waals surface area (Å²) in [5.74, 6) is 1.90. The highest BCUT2D eigenvalue weighted by molar-refractivity contribution is 4.77. The van der Waals surface area contributed by atoms with Crippen LogP contribution in [0.3, 0.4) is 0 Å². The molecule has 1 aliphatic heterocycles. The van der Waals surface area contributed by atoms with Crippen molar-refractivity contribution in [2.45, 2.75) is 45.1 Å². The lowest BCUT2D eigenvalue weighted by molar-refractivity contribution is 0.0691. The molecule has 0 bridgehead atoms. The van der Waals surface area contributed by atoms with Crippen LogP contribution in [0.15, 0.2) is 0 Å². The zero-order valence-electron chi connectivity index (χ0n) is 9.30. The largest absolute Gasteiger partial charge is 0.380 e. The van der Waals surface area contributed by atoms with E-state index >= 15 is 0 Å². The first kappa shape index (κ1) is 10.4. The van der Waals surface area contributed by atoms with Crippen molar-refractivity contribution < 1.29 is 4.74 Å². The molecule has 14 heavy (non-hydrogen) atoms. The fraction of sp³-hybridized carbons (Fsp3) is 1.00. The van der Waals surface area contributed by atoms with Gasteiger partial charge in [0.25, 0.3) is 0 Å². The molecule has 3 unspecified atom stereocenters. The van der Waals surface area contributed by atoms with Crippen LogP contribution < -0.4 is 5.32 Å². The predicted molar refractivity (Wildman–Crippen MR) is 58.3 cm³/mol. The van der Waals surface area contributed by atoms with Crippen molar-refractivity contribution in [1.82, 2.24) is 5.32 Å². The van der Waals surface area contributed by atoms with Gasteiger partial charge in [-0.15, -0.1) is 0 Å². The van der Waals surface area contributed by atoms with Crippen molar-refractivity contribution >= 4 is 0 Å². The molecule has 82 valence electrons. The average molecular weight is 197 g/mol. The second-order valence-corrected chi connectivity index (χ2v) is 5.11. The first-order valence-corrected chi connectivity index (χ1v) is 6.15. The Morgan fingerprint density at radius 3 is 2.86 bits per heavy atom. The van der Waals surface area contributed by atoms with E-state index in [1.54, 1.807) is 0 Å². The lowest BCUT2D eigenvalue weighted by Gasteiger charge is -2.24. The van der Waals surface area contributed by atoms with Crippen LogP contribution in [0.1, 0.15) is 39.0 Å². The van der Waals surface area contributed by atoms with Crippen molar-refractivity contribution in [2.75, 3.05) is 19.8 Å². The summed E-state index contributed by atoms with van der Waals surface area (Å²) in [4.78, 5) is 0. The van der Waals surface area contributed by atoms with Gasteiger partial charge in [0.05, 0.1) is 6.61 Å². The zero-order valence-corrected chi connectivity index (χ0v) is 9.30. The molecule has 2 heteroatoms. The van der Waals surface area contributed by atoms with E-state index in [1.165, 1.54) is 38.6 Å². The van der Waals surface area contributed by atoms with E-state index < -0.39 is 0 Å². The Morgan fingerprint density at radius 1 is 1.29 bits per heavy atom. The molecule has 1 heterocycles. The molecule has 1 N–H and O–H groups in total. The Labute approximate surface area is 87.4 Å². The standard InChI is InChI=1S/C12H23NO/c1-10-4-5-11(7-10)8-13-12-3-2-6-14-9-12/h10-13H,2-9H2,1H3. The molecular formula is C12H23NO. The van der Waals surface area contributed by atoms with E-state index in [0.29, 0.717) is 6.04 Å². The first-order valence-electron chi connectivity index (χ1n) is 6.15. The highest BCUT2D eigenvalue weighted by Gasteiger charge is 2.22. The van der Waals surface area contributed by atoms with Crippen LogP contribution >= 0.6 is 0 Å². The van der Waals surface area contributed by atoms with E-state index in [4.69, 9.17) is 4.74 Å². The summed E-state index contributed by atoms with van der Waals surface area (Å²) in [6.45, 7) is 5.50. The maximum Gasteiger partial charge on any atom is 0.0619 e. The van der Waals surface area contributed by atoms with Crippen molar-refractivity contribution in [3.05, 3.63) is 0 Å². The third-order valence-electron chi connectivity index (χ3n) is 3.66. The van der Waals surface area contributed by atoms with Crippen molar-refractivity contribution in [3.63, 3.8) is 0 Å². The van der Waals surface area contributed by atoms with Gasteiger partial charge in [-0.2, -0.15) is 0 Å². The summed E-state index contributed by atoms with van der Waals surface area (Å²) in [6, 6.07) is 0.639. The highest BCUT2D eigenvalue weighted by Crippen LogP contribution is 2.29. The summed E-state index contributed by atoms with van der Waals surface area (Å²) in [5, 5.41) is 3.66. The van der Waals surface area contributed by atoms with Gasteiger partial charge < -0.3 is 10.1 Å². The predicted octanol–water partition coefficient (Wildman–Crippen LogP) is 2.19. The molecule has 0 radical (unpaired) electrons. The lowest BCUT2D eigenvalue weighted by atomic mass is 10.0. The molecule has 0 spiro atoms. The Hall–Kier alpha value is -0.0800. The van der Waals surface area contributed by atoms with Crippen LogP contribution in [-0.4, -0.2) is 25.8 Å². The van der Waals surface area contributed by atoms with Crippen molar-refractivity contribution in [2.24, 2.45) is 11.8 Å². The number of ether oxygens (including phenoxy) is 1. The summed E-state index contributed by atoms with van der Waals surface area (Å²) in [6.07, 6.45) is 6.84. The maximum absolute atomic E-state index is 5.46. The molecule has 1 aliphatic carbocycles. The van der Waals surface area contributed by atoms with Gasteiger partial charge in [-0.05, 0) is 44.1 Å². The van der Waals surface area contributed by atoms with Gasteiger partial charge in [0.1, 0.15) is 0 Å². The molecule has 1 saturated carbocycles. The van der Waals surface area contributed by atoms with Crippen molar-refractivity contribution in [1.29, 1.82) is 0 Å². The molecule has 2 nitrogen and oxygen atoms in total. The average Bonchev–Trinajstić information content (AvgIpc) is 2.63. The molecule has 0 aromatic heterocycles. The third kappa shape index (κ3) is 2.96. The Morgan fingerprint density at radius 2 is 2.21 bits per heavy atom. The quantitative estimate of drug-likeness (QED) is 0.749. The fourth-order valence-corrected chi connectivity index (χ4v) is 2.75. The molecule has 0 aromatic rings. The number of rotatable bonds is 3.